The average molecular weight is 169 g/mol. The molecule has 0 spiro atoms. The van der Waals surface area contributed by atoms with Crippen molar-refractivity contribution in [2.24, 2.45) is 16.8 Å². The zero-order valence-electron chi connectivity index (χ0n) is 9.60. The molecule has 0 aliphatic carbocycles. The molecule has 0 aliphatic heterocycles. The van der Waals surface area contributed by atoms with Crippen molar-refractivity contribution < 1.29 is 0 Å². The lowest BCUT2D eigenvalue weighted by Gasteiger charge is -2.26. The van der Waals surface area contributed by atoms with E-state index in [9.17, 15) is 0 Å². The van der Waals surface area contributed by atoms with Crippen molar-refractivity contribution in [2.45, 2.75) is 54.0 Å². The van der Waals surface area contributed by atoms with Crippen molar-refractivity contribution >= 4 is 5.71 Å². The van der Waals surface area contributed by atoms with Gasteiger partial charge in [0.15, 0.2) is 0 Å². The molecule has 0 heterocycles. The zero-order chi connectivity index (χ0) is 9.94. The van der Waals surface area contributed by atoms with Gasteiger partial charge in [0.25, 0.3) is 0 Å². The summed E-state index contributed by atoms with van der Waals surface area (Å²) < 4.78 is 0. The maximum absolute atomic E-state index is 4.72. The number of hydrogen-bond donors (Lipinski definition) is 0. The van der Waals surface area contributed by atoms with Crippen molar-refractivity contribution in [2.75, 3.05) is 0 Å². The van der Waals surface area contributed by atoms with E-state index in [-0.39, 0.29) is 5.54 Å². The number of hydrogen-bond acceptors (Lipinski definition) is 1. The van der Waals surface area contributed by atoms with Gasteiger partial charge in [-0.1, -0.05) is 27.7 Å². The van der Waals surface area contributed by atoms with Crippen LogP contribution in [-0.2, 0) is 0 Å². The quantitative estimate of drug-likeness (QED) is 0.573. The first-order valence-corrected chi connectivity index (χ1v) is 4.83. The van der Waals surface area contributed by atoms with Crippen LogP contribution in [0.2, 0.25) is 0 Å². The predicted octanol–water partition coefficient (Wildman–Crippen LogP) is 3.54. The largest absolute Gasteiger partial charge is 0.288 e. The Labute approximate surface area is 77.3 Å². The van der Waals surface area contributed by atoms with Crippen LogP contribution in [0.4, 0.5) is 0 Å². The highest BCUT2D eigenvalue weighted by Gasteiger charge is 2.21. The van der Waals surface area contributed by atoms with E-state index in [0.29, 0.717) is 11.8 Å². The normalized spacial score (nSPS) is 14.6. The molecule has 0 saturated carbocycles. The Kier molecular flexibility index (Phi) is 3.95. The highest BCUT2D eigenvalue weighted by molar-refractivity contribution is 5.84. The van der Waals surface area contributed by atoms with Crippen molar-refractivity contribution in [3.05, 3.63) is 0 Å². The molecule has 0 bridgehead atoms. The molecule has 0 atom stereocenters. The van der Waals surface area contributed by atoms with Crippen LogP contribution in [0.5, 0.6) is 0 Å². The van der Waals surface area contributed by atoms with Gasteiger partial charge >= 0.3 is 0 Å². The lowest BCUT2D eigenvalue weighted by Crippen LogP contribution is -2.26. The van der Waals surface area contributed by atoms with E-state index in [1.807, 2.05) is 0 Å². The summed E-state index contributed by atoms with van der Waals surface area (Å²) in [4.78, 5) is 4.72. The van der Waals surface area contributed by atoms with Crippen molar-refractivity contribution in [1.82, 2.24) is 0 Å². The Morgan fingerprint density at radius 3 is 1.75 bits per heavy atom. The maximum atomic E-state index is 4.72. The molecule has 0 N–H and O–H groups in total. The minimum Gasteiger partial charge on any atom is -0.288 e. The van der Waals surface area contributed by atoms with Crippen LogP contribution >= 0.6 is 0 Å². The van der Waals surface area contributed by atoms with Gasteiger partial charge in [0, 0.05) is 5.71 Å². The first-order valence-electron chi connectivity index (χ1n) is 4.83. The fourth-order valence-corrected chi connectivity index (χ4v) is 0.713. The lowest BCUT2D eigenvalue weighted by molar-refractivity contribution is 0.375. The molecule has 0 saturated heterocycles. The number of rotatable bonds is 3. The van der Waals surface area contributed by atoms with Gasteiger partial charge < -0.3 is 0 Å². The molecule has 1 heteroatoms. The van der Waals surface area contributed by atoms with Gasteiger partial charge in [-0.25, -0.2) is 0 Å². The summed E-state index contributed by atoms with van der Waals surface area (Å²) in [6, 6.07) is 0. The van der Waals surface area contributed by atoms with Crippen LogP contribution < -0.4 is 0 Å². The SMILES string of the molecule is C/C(=N\C(C)(C)C(C)C)C(C)C. The molecule has 12 heavy (non-hydrogen) atoms. The standard InChI is InChI=1S/C11H23N/c1-8(2)10(5)12-11(6,7)9(3)4/h8-9H,1-7H3/b12-10+. The van der Waals surface area contributed by atoms with E-state index in [1.54, 1.807) is 0 Å². The third kappa shape index (κ3) is 3.38. The zero-order valence-corrected chi connectivity index (χ0v) is 9.60. The minimum absolute atomic E-state index is 0.0916. The van der Waals surface area contributed by atoms with Crippen LogP contribution in [0.25, 0.3) is 0 Å². The molecule has 1 nitrogen and oxygen atoms in total. The predicted molar refractivity (Wildman–Crippen MR) is 56.9 cm³/mol. The van der Waals surface area contributed by atoms with E-state index in [0.717, 1.165) is 0 Å². The van der Waals surface area contributed by atoms with E-state index >= 15 is 0 Å². The van der Waals surface area contributed by atoms with Gasteiger partial charge in [-0.2, -0.15) is 0 Å². The maximum Gasteiger partial charge on any atom is 0.0574 e. The Morgan fingerprint density at radius 1 is 1.08 bits per heavy atom. The molecule has 0 aromatic rings. The number of nitrogens with zero attached hydrogens (tertiary/aromatic N) is 1. The Balaban J connectivity index is 4.50. The highest BCUT2D eigenvalue weighted by atomic mass is 14.9. The van der Waals surface area contributed by atoms with Crippen LogP contribution in [0.3, 0.4) is 0 Å². The fourth-order valence-electron chi connectivity index (χ4n) is 0.713. The third-order valence-electron chi connectivity index (χ3n) is 2.71. The molecule has 0 rings (SSSR count). The molecule has 0 unspecified atom stereocenters. The molecule has 0 aromatic heterocycles. The molecule has 0 amide bonds. The van der Waals surface area contributed by atoms with E-state index in [4.69, 9.17) is 4.99 Å². The summed E-state index contributed by atoms with van der Waals surface area (Å²) in [7, 11) is 0. The van der Waals surface area contributed by atoms with Gasteiger partial charge in [0.05, 0.1) is 5.54 Å². The Hall–Kier alpha value is -0.330. The molecular formula is C11H23N. The second kappa shape index (κ2) is 4.06. The summed E-state index contributed by atoms with van der Waals surface area (Å²) in [5.41, 5.74) is 1.35. The first kappa shape index (κ1) is 11.7. The second-order valence-corrected chi connectivity index (χ2v) is 4.72. The summed E-state index contributed by atoms with van der Waals surface area (Å²) in [5, 5.41) is 0. The van der Waals surface area contributed by atoms with Crippen LogP contribution in [0, 0.1) is 11.8 Å². The van der Waals surface area contributed by atoms with Crippen molar-refractivity contribution in [3.8, 4) is 0 Å². The smallest absolute Gasteiger partial charge is 0.0574 e. The Morgan fingerprint density at radius 2 is 1.50 bits per heavy atom. The summed E-state index contributed by atoms with van der Waals surface area (Å²) >= 11 is 0. The molecular weight excluding hydrogens is 146 g/mol. The summed E-state index contributed by atoms with van der Waals surface area (Å²) in [5.74, 6) is 1.18. The van der Waals surface area contributed by atoms with E-state index in [2.05, 4.69) is 48.5 Å². The third-order valence-corrected chi connectivity index (χ3v) is 2.71. The van der Waals surface area contributed by atoms with Gasteiger partial charge in [0.1, 0.15) is 0 Å². The molecule has 72 valence electrons. The van der Waals surface area contributed by atoms with Crippen LogP contribution in [0.15, 0.2) is 4.99 Å². The minimum atomic E-state index is 0.0916. The second-order valence-electron chi connectivity index (χ2n) is 4.72. The van der Waals surface area contributed by atoms with Gasteiger partial charge in [-0.15, -0.1) is 0 Å². The Bertz CT molecular complexity index is 164. The summed E-state index contributed by atoms with van der Waals surface area (Å²) in [6.45, 7) is 15.3. The first-order chi connectivity index (χ1) is 5.27. The molecule has 0 fully saturated rings. The molecule has 0 aliphatic rings. The highest BCUT2D eigenvalue weighted by Crippen LogP contribution is 2.21. The average Bonchev–Trinajstić information content (AvgIpc) is 1.85. The summed E-state index contributed by atoms with van der Waals surface area (Å²) in [6.07, 6.45) is 0. The topological polar surface area (TPSA) is 12.4 Å². The van der Waals surface area contributed by atoms with Crippen molar-refractivity contribution in [3.63, 3.8) is 0 Å². The van der Waals surface area contributed by atoms with Gasteiger partial charge in [0.2, 0.25) is 0 Å². The fraction of sp³-hybridized carbons (Fsp3) is 0.909. The van der Waals surface area contributed by atoms with Gasteiger partial charge in [-0.05, 0) is 32.6 Å². The molecule has 0 radical (unpaired) electrons. The lowest BCUT2D eigenvalue weighted by atomic mass is 9.91. The van der Waals surface area contributed by atoms with Crippen molar-refractivity contribution in [1.29, 1.82) is 0 Å². The monoisotopic (exact) mass is 169 g/mol. The van der Waals surface area contributed by atoms with E-state index in [1.165, 1.54) is 5.71 Å². The van der Waals surface area contributed by atoms with Crippen LogP contribution in [-0.4, -0.2) is 11.3 Å². The molecule has 0 aromatic carbocycles. The van der Waals surface area contributed by atoms with Gasteiger partial charge in [-0.3, -0.25) is 4.99 Å². The van der Waals surface area contributed by atoms with E-state index < -0.39 is 0 Å². The number of aliphatic imine (C=N–C) groups is 1. The van der Waals surface area contributed by atoms with Crippen LogP contribution in [0.1, 0.15) is 48.5 Å².